The van der Waals surface area contributed by atoms with E-state index in [2.05, 4.69) is 24.8 Å². The predicted molar refractivity (Wildman–Crippen MR) is 129 cm³/mol. The highest BCUT2D eigenvalue weighted by Gasteiger charge is 2.22. The summed E-state index contributed by atoms with van der Waals surface area (Å²) in [4.78, 5) is 22.1. The van der Waals surface area contributed by atoms with Gasteiger partial charge in [-0.15, -0.1) is 12.4 Å². The smallest absolute Gasteiger partial charge is 0.260 e. The first-order chi connectivity index (χ1) is 14.6. The standard InChI is InChI=1S/C23H26N4O2S.ClH/c1-4-26(5-2)13-14-27(22(28)18-9-7-17(16-24)8-10-18)23-25-20-12-11-19(29-6-3)15-21(20)30-23;/h7-12,15H,4-6,13-14H2,1-3H3;1H. The van der Waals surface area contributed by atoms with E-state index in [1.807, 2.05) is 25.1 Å². The summed E-state index contributed by atoms with van der Waals surface area (Å²) in [7, 11) is 0. The van der Waals surface area contributed by atoms with Gasteiger partial charge in [0.15, 0.2) is 5.13 Å². The number of benzene rings is 2. The van der Waals surface area contributed by atoms with Gasteiger partial charge in [0.1, 0.15) is 5.75 Å². The topological polar surface area (TPSA) is 69.5 Å². The summed E-state index contributed by atoms with van der Waals surface area (Å²) < 4.78 is 6.58. The third kappa shape index (κ3) is 5.95. The van der Waals surface area contributed by atoms with Crippen molar-refractivity contribution in [2.75, 3.05) is 37.7 Å². The SMILES string of the molecule is CCOc1ccc2nc(N(CCN(CC)CC)C(=O)c3ccc(C#N)cc3)sc2c1.Cl. The van der Waals surface area contributed by atoms with E-state index in [0.717, 1.165) is 35.6 Å². The largest absolute Gasteiger partial charge is 0.494 e. The number of ether oxygens (including phenoxy) is 1. The molecular weight excluding hydrogens is 432 g/mol. The number of hydrogen-bond donors (Lipinski definition) is 0. The first-order valence-electron chi connectivity index (χ1n) is 10.2. The molecule has 2 aromatic carbocycles. The molecule has 0 aliphatic heterocycles. The fourth-order valence-electron chi connectivity index (χ4n) is 3.17. The van der Waals surface area contributed by atoms with E-state index in [0.29, 0.717) is 29.4 Å². The van der Waals surface area contributed by atoms with Crippen LogP contribution >= 0.6 is 23.7 Å². The lowest BCUT2D eigenvalue weighted by molar-refractivity contribution is 0.0984. The van der Waals surface area contributed by atoms with Crippen LogP contribution in [0.15, 0.2) is 42.5 Å². The van der Waals surface area contributed by atoms with Crippen LogP contribution in [0.2, 0.25) is 0 Å². The van der Waals surface area contributed by atoms with Gasteiger partial charge in [-0.25, -0.2) is 4.98 Å². The molecular formula is C23H27ClN4O2S. The third-order valence-electron chi connectivity index (χ3n) is 4.93. The van der Waals surface area contributed by atoms with Gasteiger partial charge in [-0.2, -0.15) is 5.26 Å². The first-order valence-corrected chi connectivity index (χ1v) is 11.0. The molecule has 1 aromatic heterocycles. The van der Waals surface area contributed by atoms with E-state index in [1.54, 1.807) is 29.2 Å². The Hall–Kier alpha value is -2.66. The fourth-order valence-corrected chi connectivity index (χ4v) is 4.19. The normalized spacial score (nSPS) is 10.5. The zero-order chi connectivity index (χ0) is 21.5. The molecule has 0 fully saturated rings. The van der Waals surface area contributed by atoms with E-state index >= 15 is 0 Å². The number of carbonyl (C=O) groups excluding carboxylic acids is 1. The first kappa shape index (κ1) is 24.6. The van der Waals surface area contributed by atoms with Gasteiger partial charge in [-0.1, -0.05) is 25.2 Å². The summed E-state index contributed by atoms with van der Waals surface area (Å²) in [6.45, 7) is 9.93. The molecule has 31 heavy (non-hydrogen) atoms. The summed E-state index contributed by atoms with van der Waals surface area (Å²) in [5.74, 6) is 0.684. The molecule has 0 aliphatic rings. The molecule has 0 radical (unpaired) electrons. The van der Waals surface area contributed by atoms with Crippen LogP contribution in [0.4, 0.5) is 5.13 Å². The Morgan fingerprint density at radius 1 is 1.10 bits per heavy atom. The second-order valence-corrected chi connectivity index (χ2v) is 7.74. The van der Waals surface area contributed by atoms with Gasteiger partial charge >= 0.3 is 0 Å². The van der Waals surface area contributed by atoms with Gasteiger partial charge < -0.3 is 9.64 Å². The molecule has 0 bridgehead atoms. The highest BCUT2D eigenvalue weighted by molar-refractivity contribution is 7.22. The van der Waals surface area contributed by atoms with Crippen LogP contribution in [0.25, 0.3) is 10.2 Å². The van der Waals surface area contributed by atoms with Crippen LogP contribution in [0.3, 0.4) is 0 Å². The number of nitriles is 1. The van der Waals surface area contributed by atoms with Crippen LogP contribution in [-0.2, 0) is 0 Å². The lowest BCUT2D eigenvalue weighted by Crippen LogP contribution is -2.38. The molecule has 1 heterocycles. The second-order valence-electron chi connectivity index (χ2n) is 6.73. The van der Waals surface area contributed by atoms with Crippen molar-refractivity contribution in [2.24, 2.45) is 0 Å². The van der Waals surface area contributed by atoms with Crippen LogP contribution in [0, 0.1) is 11.3 Å². The number of halogens is 1. The number of hydrogen-bond acceptors (Lipinski definition) is 6. The van der Waals surface area contributed by atoms with E-state index in [-0.39, 0.29) is 18.3 Å². The van der Waals surface area contributed by atoms with Crippen molar-refractivity contribution in [3.05, 3.63) is 53.6 Å². The Kier molecular flexibility index (Phi) is 9.25. The lowest BCUT2D eigenvalue weighted by Gasteiger charge is -2.24. The van der Waals surface area contributed by atoms with E-state index in [9.17, 15) is 4.79 Å². The predicted octanol–water partition coefficient (Wildman–Crippen LogP) is 4.98. The average Bonchev–Trinajstić information content (AvgIpc) is 3.19. The number of carbonyl (C=O) groups is 1. The van der Waals surface area contributed by atoms with Crippen LogP contribution in [0.1, 0.15) is 36.7 Å². The summed E-state index contributed by atoms with van der Waals surface area (Å²) >= 11 is 1.49. The molecule has 0 atom stereocenters. The Morgan fingerprint density at radius 2 is 1.81 bits per heavy atom. The molecule has 8 heteroatoms. The summed E-state index contributed by atoms with van der Waals surface area (Å²) in [5, 5.41) is 9.69. The monoisotopic (exact) mass is 458 g/mol. The third-order valence-corrected chi connectivity index (χ3v) is 5.97. The molecule has 1 amide bonds. The molecule has 0 N–H and O–H groups in total. The van der Waals surface area contributed by atoms with Gasteiger partial charge in [0.2, 0.25) is 0 Å². The number of rotatable bonds is 9. The molecule has 3 rings (SSSR count). The number of anilines is 1. The van der Waals surface area contributed by atoms with Crippen molar-refractivity contribution < 1.29 is 9.53 Å². The highest BCUT2D eigenvalue weighted by atomic mass is 35.5. The number of aromatic nitrogens is 1. The Labute approximate surface area is 193 Å². The van der Waals surface area contributed by atoms with Crippen LogP contribution < -0.4 is 9.64 Å². The van der Waals surface area contributed by atoms with E-state index < -0.39 is 0 Å². The summed E-state index contributed by atoms with van der Waals surface area (Å²) in [6, 6.07) is 14.6. The molecule has 6 nitrogen and oxygen atoms in total. The van der Waals surface area contributed by atoms with Crippen molar-refractivity contribution in [1.82, 2.24) is 9.88 Å². The van der Waals surface area contributed by atoms with Crippen LogP contribution in [0.5, 0.6) is 5.75 Å². The maximum absolute atomic E-state index is 13.3. The maximum Gasteiger partial charge on any atom is 0.260 e. The average molecular weight is 459 g/mol. The number of thiazole rings is 1. The highest BCUT2D eigenvalue weighted by Crippen LogP contribution is 2.32. The van der Waals surface area contributed by atoms with Gasteiger partial charge in [0, 0.05) is 18.7 Å². The second kappa shape index (κ2) is 11.7. The van der Waals surface area contributed by atoms with E-state index in [4.69, 9.17) is 15.0 Å². The minimum atomic E-state index is -0.115. The molecule has 0 aliphatic carbocycles. The quantitative estimate of drug-likeness (QED) is 0.452. The Bertz CT molecular complexity index is 1040. The van der Waals surface area contributed by atoms with Crippen molar-refractivity contribution in [2.45, 2.75) is 20.8 Å². The molecule has 3 aromatic rings. The summed E-state index contributed by atoms with van der Waals surface area (Å²) in [5.41, 5.74) is 1.92. The van der Waals surface area contributed by atoms with Gasteiger partial charge in [-0.05, 0) is 62.5 Å². The summed E-state index contributed by atoms with van der Waals surface area (Å²) in [6.07, 6.45) is 0. The zero-order valence-corrected chi connectivity index (χ0v) is 19.6. The van der Waals surface area contributed by atoms with Gasteiger partial charge in [0.25, 0.3) is 5.91 Å². The van der Waals surface area contributed by atoms with Crippen molar-refractivity contribution in [1.29, 1.82) is 5.26 Å². The lowest BCUT2D eigenvalue weighted by atomic mass is 10.1. The number of likely N-dealkylation sites (N-methyl/N-ethyl adjacent to an activating group) is 1. The molecule has 0 saturated heterocycles. The zero-order valence-electron chi connectivity index (χ0n) is 18.0. The molecule has 0 saturated carbocycles. The van der Waals surface area contributed by atoms with Gasteiger partial charge in [0.05, 0.1) is 28.5 Å². The minimum absolute atomic E-state index is 0. The molecule has 164 valence electrons. The van der Waals surface area contributed by atoms with Crippen molar-refractivity contribution in [3.8, 4) is 11.8 Å². The van der Waals surface area contributed by atoms with E-state index in [1.165, 1.54) is 11.3 Å². The van der Waals surface area contributed by atoms with Crippen molar-refractivity contribution >= 4 is 45.0 Å². The minimum Gasteiger partial charge on any atom is -0.494 e. The number of fused-ring (bicyclic) bond motifs is 1. The maximum atomic E-state index is 13.3. The van der Waals surface area contributed by atoms with Crippen LogP contribution in [-0.4, -0.2) is 48.6 Å². The number of amides is 1. The Balaban J connectivity index is 0.00000341. The fraction of sp³-hybridized carbons (Fsp3) is 0.348. The number of nitrogens with zero attached hydrogens (tertiary/aromatic N) is 4. The molecule has 0 spiro atoms. The molecule has 0 unspecified atom stereocenters. The van der Waals surface area contributed by atoms with Crippen molar-refractivity contribution in [3.63, 3.8) is 0 Å². The van der Waals surface area contributed by atoms with Gasteiger partial charge in [-0.3, -0.25) is 9.69 Å². The Morgan fingerprint density at radius 3 is 2.42 bits per heavy atom.